The Hall–Kier alpha value is -0.920. The van der Waals surface area contributed by atoms with Crippen LogP contribution in [0.1, 0.15) is 250 Å². The minimum absolute atomic E-state index is 1.13. The Labute approximate surface area is 284 Å². The van der Waals surface area contributed by atoms with Crippen LogP contribution in [-0.4, -0.2) is 9.97 Å². The molecule has 0 aliphatic heterocycles. The molecule has 2 nitrogen and oxygen atoms in total. The van der Waals surface area contributed by atoms with Gasteiger partial charge >= 0.3 is 0 Å². The molecule has 0 unspecified atom stereocenters. The molecule has 0 saturated carbocycles. The standard InChI is InChI=1S/C43H81N2/c1-4-7-10-13-16-19-22-25-28-31-34-37-41-42(38-35-32-29-26-23-20-17-14-11-8-5-2)44-40-45-43(41)39-36-33-30-27-24-21-18-15-12-9-6-3/h4-39H2,1-3H3. The molecule has 1 aromatic heterocycles. The third-order valence-corrected chi connectivity index (χ3v) is 10.1. The largest absolute Gasteiger partial charge is 0.230 e. The van der Waals surface area contributed by atoms with E-state index in [0.717, 1.165) is 12.8 Å². The predicted molar refractivity (Wildman–Crippen MR) is 201 cm³/mol. The second kappa shape index (κ2) is 34.4. The quantitative estimate of drug-likeness (QED) is 0.0693. The summed E-state index contributed by atoms with van der Waals surface area (Å²) in [5.74, 6) is 0. The number of hydrogen-bond acceptors (Lipinski definition) is 2. The topological polar surface area (TPSA) is 25.8 Å². The fourth-order valence-electron chi connectivity index (χ4n) is 7.03. The number of unbranched alkanes of at least 4 members (excludes halogenated alkanes) is 30. The van der Waals surface area contributed by atoms with E-state index in [1.54, 1.807) is 0 Å². The highest BCUT2D eigenvalue weighted by Crippen LogP contribution is 2.21. The molecule has 1 rings (SSSR count). The first-order valence-corrected chi connectivity index (χ1v) is 21.1. The van der Waals surface area contributed by atoms with Gasteiger partial charge in [0.05, 0.1) is 0 Å². The van der Waals surface area contributed by atoms with Crippen LogP contribution in [0.4, 0.5) is 0 Å². The minimum Gasteiger partial charge on any atom is -0.230 e. The Morgan fingerprint density at radius 2 is 0.511 bits per heavy atom. The zero-order valence-corrected chi connectivity index (χ0v) is 31.4. The highest BCUT2D eigenvalue weighted by atomic mass is 14.8. The average Bonchev–Trinajstić information content (AvgIpc) is 3.05. The zero-order valence-electron chi connectivity index (χ0n) is 31.4. The maximum Gasteiger partial charge on any atom is 0.198 e. The molecule has 0 saturated heterocycles. The molecule has 0 aromatic carbocycles. The van der Waals surface area contributed by atoms with E-state index in [1.807, 2.05) is 0 Å². The van der Waals surface area contributed by atoms with Crippen LogP contribution in [-0.2, 0) is 19.3 Å². The highest BCUT2D eigenvalue weighted by molar-refractivity contribution is 5.25. The summed E-state index contributed by atoms with van der Waals surface area (Å²) in [6, 6.07) is 0. The van der Waals surface area contributed by atoms with Gasteiger partial charge in [0.1, 0.15) is 0 Å². The second-order valence-electron chi connectivity index (χ2n) is 14.6. The van der Waals surface area contributed by atoms with E-state index < -0.39 is 0 Å². The molecule has 0 spiro atoms. The highest BCUT2D eigenvalue weighted by Gasteiger charge is 2.12. The van der Waals surface area contributed by atoms with Gasteiger partial charge in [-0.25, -0.2) is 9.97 Å². The predicted octanol–water partition coefficient (Wildman–Crippen LogP) is 14.8. The van der Waals surface area contributed by atoms with Gasteiger partial charge in [0.25, 0.3) is 0 Å². The lowest BCUT2D eigenvalue weighted by atomic mass is 9.96. The molecular formula is C43H81N2. The lowest BCUT2D eigenvalue weighted by Crippen LogP contribution is -2.07. The van der Waals surface area contributed by atoms with E-state index in [9.17, 15) is 0 Å². The number of nitrogens with zero attached hydrogens (tertiary/aromatic N) is 2. The summed E-state index contributed by atoms with van der Waals surface area (Å²) in [6.45, 7) is 6.92. The summed E-state index contributed by atoms with van der Waals surface area (Å²) in [6.07, 6.45) is 52.9. The Balaban J connectivity index is 2.39. The molecule has 0 fully saturated rings. The van der Waals surface area contributed by atoms with Gasteiger partial charge in [-0.15, -0.1) is 0 Å². The maximum atomic E-state index is 4.76. The van der Waals surface area contributed by atoms with Crippen molar-refractivity contribution in [3.05, 3.63) is 23.3 Å². The lowest BCUT2D eigenvalue weighted by molar-refractivity contribution is 0.543. The van der Waals surface area contributed by atoms with Crippen molar-refractivity contribution in [3.8, 4) is 0 Å². The molecule has 1 aromatic rings. The van der Waals surface area contributed by atoms with Crippen LogP contribution in [0.15, 0.2) is 0 Å². The molecule has 0 amide bonds. The minimum atomic E-state index is 1.13. The molecule has 0 atom stereocenters. The summed E-state index contributed by atoms with van der Waals surface area (Å²) in [7, 11) is 0. The van der Waals surface area contributed by atoms with Crippen molar-refractivity contribution in [2.45, 2.75) is 252 Å². The Kier molecular flexibility index (Phi) is 32.2. The van der Waals surface area contributed by atoms with E-state index >= 15 is 0 Å². The van der Waals surface area contributed by atoms with Crippen molar-refractivity contribution in [1.29, 1.82) is 0 Å². The van der Waals surface area contributed by atoms with Gasteiger partial charge < -0.3 is 0 Å². The average molecular weight is 626 g/mol. The van der Waals surface area contributed by atoms with Crippen LogP contribution in [0.3, 0.4) is 0 Å². The number of aromatic nitrogens is 2. The van der Waals surface area contributed by atoms with Crippen molar-refractivity contribution in [1.82, 2.24) is 9.97 Å². The fraction of sp³-hybridized carbons (Fsp3) is 0.907. The van der Waals surface area contributed by atoms with E-state index in [1.165, 1.54) is 235 Å². The van der Waals surface area contributed by atoms with E-state index in [0.29, 0.717) is 0 Å². The van der Waals surface area contributed by atoms with Crippen molar-refractivity contribution in [2.24, 2.45) is 0 Å². The summed E-state index contributed by atoms with van der Waals surface area (Å²) < 4.78 is 0. The summed E-state index contributed by atoms with van der Waals surface area (Å²) in [4.78, 5) is 9.52. The van der Waals surface area contributed by atoms with E-state index in [2.05, 4.69) is 27.1 Å². The summed E-state index contributed by atoms with van der Waals surface area (Å²) >= 11 is 0. The third kappa shape index (κ3) is 26.8. The molecule has 0 aliphatic rings. The molecule has 1 radical (unpaired) electrons. The molecule has 0 bridgehead atoms. The molecular weight excluding hydrogens is 544 g/mol. The van der Waals surface area contributed by atoms with E-state index in [-0.39, 0.29) is 0 Å². The Morgan fingerprint density at radius 3 is 0.778 bits per heavy atom. The van der Waals surface area contributed by atoms with Gasteiger partial charge in [0, 0.05) is 11.4 Å². The normalized spacial score (nSPS) is 11.5. The Bertz CT molecular complexity index is 670. The van der Waals surface area contributed by atoms with Gasteiger partial charge in [-0.1, -0.05) is 213 Å². The SMILES string of the molecule is CCCCCCCCCCCCCc1n[c]nc(CCCCCCCCCCCCC)c1CCCCCCCCCCCCC. The van der Waals surface area contributed by atoms with Crippen LogP contribution in [0.2, 0.25) is 0 Å². The van der Waals surface area contributed by atoms with Crippen molar-refractivity contribution in [2.75, 3.05) is 0 Å². The Morgan fingerprint density at radius 1 is 0.289 bits per heavy atom. The van der Waals surface area contributed by atoms with Gasteiger partial charge in [-0.3, -0.25) is 0 Å². The first-order chi connectivity index (χ1) is 22.3. The third-order valence-electron chi connectivity index (χ3n) is 10.1. The smallest absolute Gasteiger partial charge is 0.198 e. The summed E-state index contributed by atoms with van der Waals surface area (Å²) in [5.41, 5.74) is 4.20. The zero-order chi connectivity index (χ0) is 32.3. The number of rotatable bonds is 36. The van der Waals surface area contributed by atoms with Crippen LogP contribution in [0.5, 0.6) is 0 Å². The van der Waals surface area contributed by atoms with Crippen molar-refractivity contribution >= 4 is 0 Å². The number of hydrogen-bond donors (Lipinski definition) is 0. The van der Waals surface area contributed by atoms with Crippen LogP contribution < -0.4 is 0 Å². The van der Waals surface area contributed by atoms with Gasteiger partial charge in [-0.2, -0.15) is 0 Å². The van der Waals surface area contributed by atoms with E-state index in [4.69, 9.17) is 9.97 Å². The number of aryl methyl sites for hydroxylation is 2. The molecule has 45 heavy (non-hydrogen) atoms. The molecule has 2 heteroatoms. The van der Waals surface area contributed by atoms with Crippen LogP contribution >= 0.6 is 0 Å². The summed E-state index contributed by atoms with van der Waals surface area (Å²) in [5, 5.41) is 0. The van der Waals surface area contributed by atoms with Crippen molar-refractivity contribution < 1.29 is 0 Å². The second-order valence-corrected chi connectivity index (χ2v) is 14.6. The van der Waals surface area contributed by atoms with Crippen molar-refractivity contribution in [3.63, 3.8) is 0 Å². The maximum absolute atomic E-state index is 4.76. The monoisotopic (exact) mass is 626 g/mol. The first-order valence-electron chi connectivity index (χ1n) is 21.1. The fourth-order valence-corrected chi connectivity index (χ4v) is 7.03. The van der Waals surface area contributed by atoms with Gasteiger partial charge in [0.2, 0.25) is 0 Å². The molecule has 0 N–H and O–H groups in total. The molecule has 263 valence electrons. The van der Waals surface area contributed by atoms with Gasteiger partial charge in [0.15, 0.2) is 6.33 Å². The first kappa shape index (κ1) is 42.1. The van der Waals surface area contributed by atoms with Gasteiger partial charge in [-0.05, 0) is 44.1 Å². The van der Waals surface area contributed by atoms with Crippen LogP contribution in [0.25, 0.3) is 0 Å². The molecule has 0 aliphatic carbocycles. The van der Waals surface area contributed by atoms with Crippen LogP contribution in [0, 0.1) is 6.33 Å². The molecule has 1 heterocycles. The lowest BCUT2D eigenvalue weighted by Gasteiger charge is -2.13.